The van der Waals surface area contributed by atoms with E-state index in [1.807, 2.05) is 0 Å². The van der Waals surface area contributed by atoms with Gasteiger partial charge in [0.2, 0.25) is 0 Å². The summed E-state index contributed by atoms with van der Waals surface area (Å²) in [5.41, 5.74) is 3.38. The number of Topliss-reactive ketones (excluding diaryl/α,β-unsaturated/α-hetero) is 1. The largest absolute Gasteiger partial charge is 0.507 e. The molecule has 0 spiro atoms. The Labute approximate surface area is 218 Å². The van der Waals surface area contributed by atoms with Crippen molar-refractivity contribution in [1.82, 2.24) is 0 Å². The lowest BCUT2D eigenvalue weighted by Gasteiger charge is -2.42. The molecular weight excluding hydrogens is 506 g/mol. The maximum atomic E-state index is 13.3. The number of ether oxygens (including phenoxy) is 2. The van der Waals surface area contributed by atoms with Gasteiger partial charge in [0, 0.05) is 47.6 Å². The second-order valence-electron chi connectivity index (χ2n) is 9.80. The highest BCUT2D eigenvalue weighted by molar-refractivity contribution is 6.30. The molecule has 1 heterocycles. The summed E-state index contributed by atoms with van der Waals surface area (Å²) < 4.78 is 11.8. The van der Waals surface area contributed by atoms with Gasteiger partial charge in [-0.05, 0) is 13.8 Å². The number of carbonyl (C=O) groups is 3. The van der Waals surface area contributed by atoms with Crippen LogP contribution < -0.4 is 5.73 Å². The van der Waals surface area contributed by atoms with Gasteiger partial charge in [-0.3, -0.25) is 14.4 Å². The molecule has 0 radical (unpaired) electrons. The minimum atomic E-state index is -1.97. The molecule has 6 N–H and O–H groups in total. The summed E-state index contributed by atoms with van der Waals surface area (Å²) in [7, 11) is 0. The van der Waals surface area contributed by atoms with E-state index in [2.05, 4.69) is 0 Å². The van der Waals surface area contributed by atoms with Crippen molar-refractivity contribution in [2.75, 3.05) is 0 Å². The van der Waals surface area contributed by atoms with E-state index in [1.165, 1.54) is 19.1 Å². The standard InChI is InChI=1S/C26H27NO9.ClH/c1-10-21(29)15(27)7-17(35-10)36-16-9-26(34,11(2)28)8-14-18(16)25(33)20-19(24(14)32)22(30)12-5-3-4-6-13(12)23(20)31;/h3-6,10,15-17,21,29,32-34H,7-9,27H2,1-2H3;1H/t10-,15+,16-,17-,21-,26-;/m0./s1. The molecule has 6 atom stereocenters. The summed E-state index contributed by atoms with van der Waals surface area (Å²) in [6, 6.07) is 5.40. The number of aliphatic hydroxyl groups excluding tert-OH is 1. The van der Waals surface area contributed by atoms with Gasteiger partial charge in [-0.15, -0.1) is 12.4 Å². The van der Waals surface area contributed by atoms with Crippen molar-refractivity contribution in [3.05, 3.63) is 57.6 Å². The number of phenols is 2. The lowest BCUT2D eigenvalue weighted by molar-refractivity contribution is -0.247. The fraction of sp³-hybridized carbons (Fsp3) is 0.423. The number of halogens is 1. The number of benzene rings is 2. The third-order valence-corrected chi connectivity index (χ3v) is 7.50. The van der Waals surface area contributed by atoms with Crippen LogP contribution in [-0.4, -0.2) is 67.9 Å². The van der Waals surface area contributed by atoms with E-state index >= 15 is 0 Å². The highest BCUT2D eigenvalue weighted by Crippen LogP contribution is 2.51. The van der Waals surface area contributed by atoms with E-state index in [4.69, 9.17) is 15.2 Å². The second kappa shape index (κ2) is 9.46. The van der Waals surface area contributed by atoms with Gasteiger partial charge in [-0.25, -0.2) is 0 Å². The van der Waals surface area contributed by atoms with Crippen molar-refractivity contribution in [2.45, 2.75) is 69.4 Å². The predicted molar refractivity (Wildman–Crippen MR) is 131 cm³/mol. The molecule has 2 aliphatic carbocycles. The number of nitrogens with two attached hydrogens (primary N) is 1. The molecule has 0 amide bonds. The second-order valence-corrected chi connectivity index (χ2v) is 9.80. The van der Waals surface area contributed by atoms with Crippen LogP contribution in [0.5, 0.6) is 11.5 Å². The van der Waals surface area contributed by atoms with Gasteiger partial charge >= 0.3 is 0 Å². The van der Waals surface area contributed by atoms with Gasteiger partial charge in [-0.2, -0.15) is 0 Å². The molecule has 2 aromatic carbocycles. The molecule has 1 saturated heterocycles. The maximum absolute atomic E-state index is 13.3. The van der Waals surface area contributed by atoms with Crippen molar-refractivity contribution < 1.29 is 44.3 Å². The Morgan fingerprint density at radius 3 is 2.22 bits per heavy atom. The van der Waals surface area contributed by atoms with Crippen LogP contribution in [0.15, 0.2) is 24.3 Å². The number of carbonyl (C=O) groups excluding carboxylic acids is 3. The average molecular weight is 534 g/mol. The first kappa shape index (κ1) is 27.2. The molecule has 10 nitrogen and oxygen atoms in total. The smallest absolute Gasteiger partial charge is 0.198 e. The first-order valence-corrected chi connectivity index (χ1v) is 11.7. The lowest BCUT2D eigenvalue weighted by Crippen LogP contribution is -2.52. The molecule has 0 bridgehead atoms. The Bertz CT molecular complexity index is 1300. The Morgan fingerprint density at radius 2 is 1.68 bits per heavy atom. The van der Waals surface area contributed by atoms with Gasteiger partial charge in [0.15, 0.2) is 23.6 Å². The minimum absolute atomic E-state index is 0. The zero-order valence-corrected chi connectivity index (χ0v) is 20.9. The van der Waals surface area contributed by atoms with Gasteiger partial charge in [-0.1, -0.05) is 24.3 Å². The number of aliphatic hydroxyl groups is 2. The third kappa shape index (κ3) is 4.14. The molecule has 0 saturated carbocycles. The summed E-state index contributed by atoms with van der Waals surface area (Å²) in [6.45, 7) is 2.80. The van der Waals surface area contributed by atoms with Crippen molar-refractivity contribution in [1.29, 1.82) is 0 Å². The first-order valence-electron chi connectivity index (χ1n) is 11.7. The van der Waals surface area contributed by atoms with Crippen LogP contribution in [0.4, 0.5) is 0 Å². The van der Waals surface area contributed by atoms with Gasteiger partial charge in [0.05, 0.1) is 29.4 Å². The van der Waals surface area contributed by atoms with E-state index < -0.39 is 71.5 Å². The summed E-state index contributed by atoms with van der Waals surface area (Å²) in [5.74, 6) is -3.06. The van der Waals surface area contributed by atoms with Crippen LogP contribution in [0.25, 0.3) is 0 Å². The highest BCUT2D eigenvalue weighted by atomic mass is 35.5. The van der Waals surface area contributed by atoms with E-state index in [0.717, 1.165) is 0 Å². The fourth-order valence-corrected chi connectivity index (χ4v) is 5.42. The van der Waals surface area contributed by atoms with Crippen LogP contribution in [0, 0.1) is 0 Å². The zero-order valence-electron chi connectivity index (χ0n) is 20.1. The predicted octanol–water partition coefficient (Wildman–Crippen LogP) is 1.44. The molecule has 1 fully saturated rings. The third-order valence-electron chi connectivity index (χ3n) is 7.50. The molecule has 11 heteroatoms. The monoisotopic (exact) mass is 533 g/mol. The van der Waals surface area contributed by atoms with E-state index in [0.29, 0.717) is 0 Å². The van der Waals surface area contributed by atoms with Crippen LogP contribution in [0.3, 0.4) is 0 Å². The molecule has 0 aromatic heterocycles. The van der Waals surface area contributed by atoms with Gasteiger partial charge < -0.3 is 35.6 Å². The Morgan fingerprint density at radius 1 is 1.11 bits per heavy atom. The number of phenolic OH excluding ortho intramolecular Hbond substituents is 2. The Kier molecular flexibility index (Phi) is 6.95. The van der Waals surface area contributed by atoms with E-state index in [-0.39, 0.29) is 58.6 Å². The minimum Gasteiger partial charge on any atom is -0.507 e. The Hall–Kier alpha value is -2.86. The normalized spacial score (nSPS) is 30.6. The van der Waals surface area contributed by atoms with Crippen molar-refractivity contribution in [2.24, 2.45) is 5.73 Å². The Balaban J connectivity index is 0.00000320. The van der Waals surface area contributed by atoms with Crippen LogP contribution >= 0.6 is 12.4 Å². The SMILES string of the molecule is CC(=O)[C@]1(O)Cc2c(O)c3c(c(O)c2[C@@H](O[C@H]2C[C@@H](N)[C@@H](O)[C@H](C)O2)C1)C(=O)c1ccccc1C3=O.Cl. The van der Waals surface area contributed by atoms with E-state index in [9.17, 15) is 34.8 Å². The topological polar surface area (TPSA) is 177 Å². The molecule has 198 valence electrons. The number of rotatable bonds is 3. The van der Waals surface area contributed by atoms with E-state index in [1.54, 1.807) is 19.1 Å². The highest BCUT2D eigenvalue weighted by Gasteiger charge is 2.49. The molecule has 1 aliphatic heterocycles. The summed E-state index contributed by atoms with van der Waals surface area (Å²) in [5, 5.41) is 43.8. The number of hydrogen-bond acceptors (Lipinski definition) is 10. The fourth-order valence-electron chi connectivity index (χ4n) is 5.42. The van der Waals surface area contributed by atoms with Crippen molar-refractivity contribution >= 4 is 29.8 Å². The molecule has 3 aliphatic rings. The van der Waals surface area contributed by atoms with Crippen LogP contribution in [0.1, 0.15) is 75.8 Å². The van der Waals surface area contributed by atoms with Crippen molar-refractivity contribution in [3.8, 4) is 11.5 Å². The number of aromatic hydroxyl groups is 2. The summed E-state index contributed by atoms with van der Waals surface area (Å²) >= 11 is 0. The average Bonchev–Trinajstić information content (AvgIpc) is 2.82. The molecule has 37 heavy (non-hydrogen) atoms. The summed E-state index contributed by atoms with van der Waals surface area (Å²) in [4.78, 5) is 39.0. The maximum Gasteiger partial charge on any atom is 0.198 e. The number of ketones is 3. The first-order chi connectivity index (χ1) is 16.9. The van der Waals surface area contributed by atoms with Crippen molar-refractivity contribution in [3.63, 3.8) is 0 Å². The quantitative estimate of drug-likeness (QED) is 0.309. The van der Waals surface area contributed by atoms with Gasteiger partial charge in [0.1, 0.15) is 17.1 Å². The molecule has 2 aromatic rings. The van der Waals surface area contributed by atoms with Crippen LogP contribution in [-0.2, 0) is 20.7 Å². The number of hydrogen-bond donors (Lipinski definition) is 5. The summed E-state index contributed by atoms with van der Waals surface area (Å²) in [6.07, 6.45) is -4.38. The molecular formula is C26H28ClNO9. The zero-order chi connectivity index (χ0) is 26.1. The molecule has 0 unspecified atom stereocenters. The van der Waals surface area contributed by atoms with Crippen LogP contribution in [0.2, 0.25) is 0 Å². The molecule has 5 rings (SSSR count). The lowest BCUT2D eigenvalue weighted by atomic mass is 9.72. The van der Waals surface area contributed by atoms with Gasteiger partial charge in [0.25, 0.3) is 0 Å². The number of fused-ring (bicyclic) bond motifs is 3.